The number of rotatable bonds is 4. The van der Waals surface area contributed by atoms with Crippen LogP contribution in [0.2, 0.25) is 0 Å². The third-order valence-corrected chi connectivity index (χ3v) is 6.46. The molecule has 0 N–H and O–H groups in total. The number of carbonyl (C=O) groups excluding carboxylic acids is 1. The van der Waals surface area contributed by atoms with Crippen molar-refractivity contribution in [3.05, 3.63) is 0 Å². The van der Waals surface area contributed by atoms with E-state index in [1.807, 2.05) is 0 Å². The summed E-state index contributed by atoms with van der Waals surface area (Å²) in [5.74, 6) is 3.45. The number of piperidine rings is 1. The Morgan fingerprint density at radius 1 is 0.955 bits per heavy atom. The molecule has 3 nitrogen and oxygen atoms in total. The quantitative estimate of drug-likeness (QED) is 0.795. The number of likely N-dealkylation sites (tertiary alicyclic amines) is 2. The van der Waals surface area contributed by atoms with E-state index in [1.54, 1.807) is 0 Å². The maximum Gasteiger partial charge on any atom is 0.225 e. The lowest BCUT2D eigenvalue weighted by molar-refractivity contribution is -0.140. The molecule has 22 heavy (non-hydrogen) atoms. The van der Waals surface area contributed by atoms with Gasteiger partial charge < -0.3 is 9.80 Å². The van der Waals surface area contributed by atoms with Crippen LogP contribution >= 0.6 is 0 Å². The second-order valence-corrected chi connectivity index (χ2v) is 8.28. The van der Waals surface area contributed by atoms with Crippen molar-refractivity contribution in [1.82, 2.24) is 9.80 Å². The van der Waals surface area contributed by atoms with Crippen molar-refractivity contribution in [2.75, 3.05) is 32.7 Å². The van der Waals surface area contributed by atoms with Crippen molar-refractivity contribution in [2.24, 2.45) is 23.7 Å². The summed E-state index contributed by atoms with van der Waals surface area (Å²) in [6, 6.07) is 0. The Bertz CT molecular complexity index is 362. The van der Waals surface area contributed by atoms with Gasteiger partial charge >= 0.3 is 0 Å². The van der Waals surface area contributed by atoms with Crippen LogP contribution in [-0.2, 0) is 4.79 Å². The largest absolute Gasteiger partial charge is 0.342 e. The first-order chi connectivity index (χ1) is 10.6. The standard InChI is InChI=1S/C19H34N2O/c1-15(2)17-8-12-20(13-9-17)14-16-4-6-18(7-5-16)19(22)21-10-3-11-21/h15-18H,3-14H2,1-2H3. The van der Waals surface area contributed by atoms with E-state index in [0.717, 1.165) is 43.7 Å². The first-order valence-electron chi connectivity index (χ1n) is 9.64. The normalized spacial score (nSPS) is 31.3. The SMILES string of the molecule is CC(C)C1CCN(CC2CCC(C(=O)N3CCC3)CC2)CC1. The van der Waals surface area contributed by atoms with Crippen LogP contribution in [0.3, 0.4) is 0 Å². The van der Waals surface area contributed by atoms with E-state index in [9.17, 15) is 4.79 Å². The Hall–Kier alpha value is -0.570. The van der Waals surface area contributed by atoms with Crippen LogP contribution in [0.25, 0.3) is 0 Å². The molecular formula is C19H34N2O. The maximum absolute atomic E-state index is 12.3. The number of hydrogen-bond acceptors (Lipinski definition) is 2. The van der Waals surface area contributed by atoms with Crippen molar-refractivity contribution in [2.45, 2.75) is 58.8 Å². The van der Waals surface area contributed by atoms with Crippen molar-refractivity contribution in [3.8, 4) is 0 Å². The van der Waals surface area contributed by atoms with Crippen LogP contribution in [-0.4, -0.2) is 48.4 Å². The van der Waals surface area contributed by atoms with E-state index in [2.05, 4.69) is 23.6 Å². The Kier molecular flexibility index (Phi) is 5.43. The first kappa shape index (κ1) is 16.3. The molecule has 1 amide bonds. The molecule has 0 bridgehead atoms. The zero-order valence-corrected chi connectivity index (χ0v) is 14.6. The Labute approximate surface area is 136 Å². The van der Waals surface area contributed by atoms with Gasteiger partial charge in [0.1, 0.15) is 0 Å². The van der Waals surface area contributed by atoms with E-state index in [0.29, 0.717) is 11.8 Å². The van der Waals surface area contributed by atoms with Gasteiger partial charge in [-0.05, 0) is 75.8 Å². The van der Waals surface area contributed by atoms with Gasteiger partial charge in [0.2, 0.25) is 5.91 Å². The van der Waals surface area contributed by atoms with E-state index >= 15 is 0 Å². The Balaban J connectivity index is 1.36. The fourth-order valence-electron chi connectivity index (χ4n) is 4.55. The third-order valence-electron chi connectivity index (χ3n) is 6.46. The zero-order chi connectivity index (χ0) is 15.5. The highest BCUT2D eigenvalue weighted by Crippen LogP contribution is 2.33. The summed E-state index contributed by atoms with van der Waals surface area (Å²) in [6.45, 7) is 10.7. The average molecular weight is 306 g/mol. The molecule has 2 heterocycles. The van der Waals surface area contributed by atoms with Crippen molar-refractivity contribution < 1.29 is 4.79 Å². The summed E-state index contributed by atoms with van der Waals surface area (Å²) < 4.78 is 0. The summed E-state index contributed by atoms with van der Waals surface area (Å²) in [7, 11) is 0. The van der Waals surface area contributed by atoms with Gasteiger partial charge in [0, 0.05) is 25.6 Å². The van der Waals surface area contributed by atoms with Gasteiger partial charge in [0.05, 0.1) is 0 Å². The number of hydrogen-bond donors (Lipinski definition) is 0. The van der Waals surface area contributed by atoms with Gasteiger partial charge in [0.15, 0.2) is 0 Å². The minimum absolute atomic E-state index is 0.350. The molecule has 0 aromatic carbocycles. The number of carbonyl (C=O) groups is 1. The van der Waals surface area contributed by atoms with Crippen LogP contribution in [0.1, 0.15) is 58.8 Å². The predicted molar refractivity (Wildman–Crippen MR) is 90.6 cm³/mol. The first-order valence-corrected chi connectivity index (χ1v) is 9.64. The van der Waals surface area contributed by atoms with Crippen molar-refractivity contribution >= 4 is 5.91 Å². The van der Waals surface area contributed by atoms with Gasteiger partial charge in [-0.2, -0.15) is 0 Å². The van der Waals surface area contributed by atoms with Crippen molar-refractivity contribution in [3.63, 3.8) is 0 Å². The van der Waals surface area contributed by atoms with Crippen LogP contribution in [0.5, 0.6) is 0 Å². The van der Waals surface area contributed by atoms with E-state index < -0.39 is 0 Å². The zero-order valence-electron chi connectivity index (χ0n) is 14.6. The number of nitrogens with zero attached hydrogens (tertiary/aromatic N) is 2. The van der Waals surface area contributed by atoms with Crippen molar-refractivity contribution in [1.29, 1.82) is 0 Å². The molecule has 0 spiro atoms. The fraction of sp³-hybridized carbons (Fsp3) is 0.947. The topological polar surface area (TPSA) is 23.6 Å². The summed E-state index contributed by atoms with van der Waals surface area (Å²) in [5.41, 5.74) is 0. The average Bonchev–Trinajstić information content (AvgIpc) is 2.46. The Morgan fingerprint density at radius 3 is 2.09 bits per heavy atom. The minimum Gasteiger partial charge on any atom is -0.342 e. The molecule has 3 rings (SSSR count). The third kappa shape index (κ3) is 3.84. The molecule has 3 fully saturated rings. The summed E-state index contributed by atoms with van der Waals surface area (Å²) in [4.78, 5) is 17.1. The lowest BCUT2D eigenvalue weighted by Gasteiger charge is -2.39. The smallest absolute Gasteiger partial charge is 0.225 e. The molecule has 0 atom stereocenters. The van der Waals surface area contributed by atoms with E-state index in [1.165, 1.54) is 51.7 Å². The maximum atomic E-state index is 12.3. The molecule has 2 saturated heterocycles. The van der Waals surface area contributed by atoms with E-state index in [-0.39, 0.29) is 0 Å². The molecular weight excluding hydrogens is 272 g/mol. The fourth-order valence-corrected chi connectivity index (χ4v) is 4.55. The second-order valence-electron chi connectivity index (χ2n) is 8.28. The number of amides is 1. The molecule has 1 saturated carbocycles. The monoisotopic (exact) mass is 306 g/mol. The highest BCUT2D eigenvalue weighted by atomic mass is 16.2. The molecule has 1 aliphatic carbocycles. The molecule has 3 heteroatoms. The van der Waals surface area contributed by atoms with Gasteiger partial charge in [0.25, 0.3) is 0 Å². The van der Waals surface area contributed by atoms with Crippen LogP contribution in [0.4, 0.5) is 0 Å². The molecule has 0 radical (unpaired) electrons. The second kappa shape index (κ2) is 7.33. The van der Waals surface area contributed by atoms with E-state index in [4.69, 9.17) is 0 Å². The molecule has 0 aromatic rings. The molecule has 3 aliphatic rings. The van der Waals surface area contributed by atoms with Gasteiger partial charge in [-0.3, -0.25) is 4.79 Å². The van der Waals surface area contributed by atoms with Gasteiger partial charge in [-0.1, -0.05) is 13.8 Å². The minimum atomic E-state index is 0.350. The van der Waals surface area contributed by atoms with Crippen LogP contribution in [0.15, 0.2) is 0 Å². The summed E-state index contributed by atoms with van der Waals surface area (Å²) in [6.07, 6.45) is 8.82. The molecule has 0 aromatic heterocycles. The molecule has 126 valence electrons. The lowest BCUT2D eigenvalue weighted by Crippen LogP contribution is -2.46. The molecule has 0 unspecified atom stereocenters. The molecule has 2 aliphatic heterocycles. The predicted octanol–water partition coefficient (Wildman–Crippen LogP) is 3.39. The van der Waals surface area contributed by atoms with Crippen LogP contribution < -0.4 is 0 Å². The summed E-state index contributed by atoms with van der Waals surface area (Å²) >= 11 is 0. The van der Waals surface area contributed by atoms with Gasteiger partial charge in [-0.15, -0.1) is 0 Å². The Morgan fingerprint density at radius 2 is 1.59 bits per heavy atom. The van der Waals surface area contributed by atoms with Crippen LogP contribution in [0, 0.1) is 23.7 Å². The summed E-state index contributed by atoms with van der Waals surface area (Å²) in [5, 5.41) is 0. The highest BCUT2D eigenvalue weighted by Gasteiger charge is 2.32. The van der Waals surface area contributed by atoms with Gasteiger partial charge in [-0.25, -0.2) is 0 Å². The lowest BCUT2D eigenvalue weighted by atomic mass is 9.80. The highest BCUT2D eigenvalue weighted by molar-refractivity contribution is 5.79.